The maximum absolute atomic E-state index is 9.17. The molecule has 2 bridgehead atoms. The number of aryl methyl sites for hydroxylation is 2. The van der Waals surface area contributed by atoms with Crippen LogP contribution in [0.25, 0.3) is 0 Å². The molecule has 1 fully saturated rings. The first-order chi connectivity index (χ1) is 15.7. The molecule has 0 aliphatic carbocycles. The number of nitrogens with zero attached hydrogens (tertiary/aromatic N) is 2. The Morgan fingerprint density at radius 2 is 1.97 bits per heavy atom. The molecule has 0 N–H and O–H groups in total. The highest BCUT2D eigenvalue weighted by molar-refractivity contribution is 5.42. The Bertz CT molecular complexity index is 941. The van der Waals surface area contributed by atoms with Gasteiger partial charge in [-0.05, 0) is 112 Å². The molecule has 2 aliphatic rings. The van der Waals surface area contributed by atoms with E-state index in [0.717, 1.165) is 41.4 Å². The van der Waals surface area contributed by atoms with Gasteiger partial charge in [0, 0.05) is 6.07 Å². The average Bonchev–Trinajstić information content (AvgIpc) is 2.82. The number of likely N-dealkylation sites (tertiary alicyclic amines) is 1. The van der Waals surface area contributed by atoms with Crippen LogP contribution in [0.3, 0.4) is 0 Å². The molecular weight excluding hydrogens is 396 g/mol. The summed E-state index contributed by atoms with van der Waals surface area (Å²) in [5.41, 5.74) is 4.61. The zero-order valence-electron chi connectivity index (χ0n) is 19.6. The predicted molar refractivity (Wildman–Crippen MR) is 128 cm³/mol. The van der Waals surface area contributed by atoms with E-state index in [4.69, 9.17) is 9.47 Å². The first-order valence-electron chi connectivity index (χ1n) is 12.3. The molecule has 0 amide bonds. The van der Waals surface area contributed by atoms with Crippen molar-refractivity contribution in [2.24, 2.45) is 5.92 Å². The van der Waals surface area contributed by atoms with Crippen LogP contribution in [0.2, 0.25) is 0 Å². The monoisotopic (exact) mass is 432 g/mol. The average molecular weight is 433 g/mol. The van der Waals surface area contributed by atoms with Crippen LogP contribution in [0.1, 0.15) is 73.6 Å². The maximum atomic E-state index is 9.17. The first kappa shape index (κ1) is 22.7. The van der Waals surface area contributed by atoms with Crippen molar-refractivity contribution in [3.63, 3.8) is 0 Å². The van der Waals surface area contributed by atoms with Gasteiger partial charge in [-0.15, -0.1) is 0 Å². The van der Waals surface area contributed by atoms with E-state index in [2.05, 4.69) is 42.2 Å². The molecule has 1 unspecified atom stereocenters. The lowest BCUT2D eigenvalue weighted by Crippen LogP contribution is -2.34. The maximum Gasteiger partial charge on any atom is 0.230 e. The van der Waals surface area contributed by atoms with Crippen molar-refractivity contribution in [3.8, 4) is 17.6 Å². The van der Waals surface area contributed by atoms with Crippen molar-refractivity contribution in [2.75, 3.05) is 26.4 Å². The summed E-state index contributed by atoms with van der Waals surface area (Å²) < 4.78 is 11.0. The van der Waals surface area contributed by atoms with Crippen LogP contribution < -0.4 is 9.47 Å². The quantitative estimate of drug-likeness (QED) is 0.472. The Morgan fingerprint density at radius 1 is 1.12 bits per heavy atom. The molecule has 2 aliphatic heterocycles. The minimum Gasteiger partial charge on any atom is -0.457 e. The number of hydrogen-bond acceptors (Lipinski definition) is 4. The van der Waals surface area contributed by atoms with Gasteiger partial charge in [-0.1, -0.05) is 25.1 Å². The molecule has 4 nitrogen and oxygen atoms in total. The zero-order valence-corrected chi connectivity index (χ0v) is 19.6. The summed E-state index contributed by atoms with van der Waals surface area (Å²) in [6, 6.07) is 14.9. The van der Waals surface area contributed by atoms with Gasteiger partial charge in [0.25, 0.3) is 0 Å². The standard InChI is InChI=1S/C28H36N2O2/c1-3-23(25-8-9-26(19-29)21(2)17-25)5-4-14-30-15-12-22(13-16-30)6-7-24-10-11-27-18-28(24)32-20-31-27/h8-11,17-18,22-23H,3-7,12-16,20H2,1-2H3. The number of rotatable bonds is 9. The van der Waals surface area contributed by atoms with Crippen LogP contribution in [0.5, 0.6) is 11.5 Å². The lowest BCUT2D eigenvalue weighted by Gasteiger charge is -2.32. The largest absolute Gasteiger partial charge is 0.457 e. The number of fused-ring (bicyclic) bond motifs is 2. The Kier molecular flexibility index (Phi) is 7.71. The van der Waals surface area contributed by atoms with Crippen molar-refractivity contribution in [1.82, 2.24) is 4.90 Å². The second-order valence-electron chi connectivity index (χ2n) is 9.43. The van der Waals surface area contributed by atoms with Gasteiger partial charge in [-0.2, -0.15) is 5.26 Å². The van der Waals surface area contributed by atoms with Crippen LogP contribution in [0.15, 0.2) is 36.4 Å². The summed E-state index contributed by atoms with van der Waals surface area (Å²) in [6.07, 6.45) is 8.60. The van der Waals surface area contributed by atoms with E-state index in [9.17, 15) is 5.26 Å². The second kappa shape index (κ2) is 10.9. The van der Waals surface area contributed by atoms with Crippen molar-refractivity contribution in [2.45, 2.75) is 64.7 Å². The van der Waals surface area contributed by atoms with Gasteiger partial charge >= 0.3 is 0 Å². The third kappa shape index (κ3) is 5.64. The number of nitriles is 1. The Labute approximate surface area is 193 Å². The van der Waals surface area contributed by atoms with Crippen LogP contribution in [0, 0.1) is 24.2 Å². The fourth-order valence-electron chi connectivity index (χ4n) is 5.22. The fourth-order valence-corrected chi connectivity index (χ4v) is 5.22. The van der Waals surface area contributed by atoms with Crippen molar-refractivity contribution < 1.29 is 9.47 Å². The van der Waals surface area contributed by atoms with Gasteiger partial charge in [-0.25, -0.2) is 0 Å². The van der Waals surface area contributed by atoms with E-state index >= 15 is 0 Å². The van der Waals surface area contributed by atoms with Crippen molar-refractivity contribution in [3.05, 3.63) is 58.7 Å². The highest BCUT2D eigenvalue weighted by atomic mass is 16.7. The fraction of sp³-hybridized carbons (Fsp3) is 0.536. The SMILES string of the molecule is CCC(CCCN1CCC(CCc2ccc3cc2OCO3)CC1)c1ccc(C#N)c(C)c1. The summed E-state index contributed by atoms with van der Waals surface area (Å²) in [4.78, 5) is 2.66. The van der Waals surface area contributed by atoms with Crippen LogP contribution in [-0.4, -0.2) is 31.3 Å². The van der Waals surface area contributed by atoms with Gasteiger partial charge in [-0.3, -0.25) is 0 Å². The van der Waals surface area contributed by atoms with Crippen LogP contribution >= 0.6 is 0 Å². The van der Waals surface area contributed by atoms with E-state index in [-0.39, 0.29) is 0 Å². The summed E-state index contributed by atoms with van der Waals surface area (Å²) >= 11 is 0. The van der Waals surface area contributed by atoms with Gasteiger partial charge < -0.3 is 14.4 Å². The highest BCUT2D eigenvalue weighted by Crippen LogP contribution is 2.32. The van der Waals surface area contributed by atoms with E-state index in [1.54, 1.807) is 0 Å². The summed E-state index contributed by atoms with van der Waals surface area (Å²) in [5, 5.41) is 9.17. The van der Waals surface area contributed by atoms with E-state index in [1.165, 1.54) is 62.9 Å². The molecule has 0 spiro atoms. The zero-order chi connectivity index (χ0) is 22.3. The smallest absolute Gasteiger partial charge is 0.230 e. The molecule has 4 rings (SSSR count). The Balaban J connectivity index is 1.17. The van der Waals surface area contributed by atoms with Gasteiger partial charge in [0.05, 0.1) is 11.6 Å². The molecule has 0 saturated carbocycles. The van der Waals surface area contributed by atoms with Crippen molar-refractivity contribution >= 4 is 0 Å². The minimum absolute atomic E-state index is 0.344. The normalized spacial score (nSPS) is 17.3. The number of hydrogen-bond donors (Lipinski definition) is 0. The van der Waals surface area contributed by atoms with Gasteiger partial charge in [0.15, 0.2) is 0 Å². The summed E-state index contributed by atoms with van der Waals surface area (Å²) in [6.45, 7) is 8.34. The minimum atomic E-state index is 0.344. The molecular formula is C28H36N2O2. The molecule has 2 aromatic rings. The van der Waals surface area contributed by atoms with E-state index < -0.39 is 0 Å². The second-order valence-corrected chi connectivity index (χ2v) is 9.43. The molecule has 1 saturated heterocycles. The molecule has 0 radical (unpaired) electrons. The van der Waals surface area contributed by atoms with Crippen molar-refractivity contribution in [1.29, 1.82) is 5.26 Å². The summed E-state index contributed by atoms with van der Waals surface area (Å²) in [7, 11) is 0. The third-order valence-electron chi connectivity index (χ3n) is 7.37. The summed E-state index contributed by atoms with van der Waals surface area (Å²) in [5.74, 6) is 3.35. The van der Waals surface area contributed by atoms with Gasteiger partial charge in [0.2, 0.25) is 6.79 Å². The molecule has 4 heteroatoms. The molecule has 0 aromatic heterocycles. The van der Waals surface area contributed by atoms with Crippen LogP contribution in [0.4, 0.5) is 0 Å². The Morgan fingerprint density at radius 3 is 2.72 bits per heavy atom. The lowest BCUT2D eigenvalue weighted by molar-refractivity contribution is 0.104. The Hall–Kier alpha value is -2.51. The molecule has 32 heavy (non-hydrogen) atoms. The van der Waals surface area contributed by atoms with E-state index in [1.807, 2.05) is 19.1 Å². The molecule has 2 aromatic carbocycles. The first-order valence-corrected chi connectivity index (χ1v) is 12.3. The predicted octanol–water partition coefficient (Wildman–Crippen LogP) is 6.21. The van der Waals surface area contributed by atoms with Crippen LogP contribution in [-0.2, 0) is 6.42 Å². The molecule has 1 atom stereocenters. The number of ether oxygens (including phenoxy) is 2. The van der Waals surface area contributed by atoms with E-state index in [0.29, 0.717) is 12.7 Å². The molecule has 170 valence electrons. The third-order valence-corrected chi connectivity index (χ3v) is 7.37. The van der Waals surface area contributed by atoms with Gasteiger partial charge in [0.1, 0.15) is 11.5 Å². The number of benzene rings is 2. The lowest BCUT2D eigenvalue weighted by atomic mass is 9.89. The highest BCUT2D eigenvalue weighted by Gasteiger charge is 2.20. The molecule has 2 heterocycles. The topological polar surface area (TPSA) is 45.5 Å². The number of piperidine rings is 1.